The summed E-state index contributed by atoms with van der Waals surface area (Å²) in [5, 5.41) is 10.2. The van der Waals surface area contributed by atoms with Gasteiger partial charge in [0.1, 0.15) is 12.2 Å². The molecule has 2 N–H and O–H groups in total. The van der Waals surface area contributed by atoms with Crippen LogP contribution in [0.25, 0.3) is 0 Å². The van der Waals surface area contributed by atoms with Gasteiger partial charge in [0.15, 0.2) is 0 Å². The first-order valence-electron chi connectivity index (χ1n) is 6.40. The number of nitrogens with one attached hydrogen (secondary N) is 2. The van der Waals surface area contributed by atoms with Crippen LogP contribution in [0.4, 0.5) is 0 Å². The lowest BCUT2D eigenvalue weighted by atomic mass is 10.1. The Morgan fingerprint density at radius 3 is 2.72 bits per heavy atom. The van der Waals surface area contributed by atoms with E-state index < -0.39 is 0 Å². The largest absolute Gasteiger partial charge is 0.310 e. The first kappa shape index (κ1) is 12.8. The monoisotopic (exact) mass is 244 g/mol. The molecule has 2 aromatic rings. The van der Waals surface area contributed by atoms with E-state index in [1.807, 2.05) is 0 Å². The second-order valence-electron chi connectivity index (χ2n) is 4.62. The number of aromatic amines is 1. The number of H-pyrrole nitrogens is 1. The van der Waals surface area contributed by atoms with Gasteiger partial charge >= 0.3 is 0 Å². The summed E-state index contributed by atoms with van der Waals surface area (Å²) in [4.78, 5) is 4.11. The molecule has 0 radical (unpaired) electrons. The van der Waals surface area contributed by atoms with Crippen LogP contribution >= 0.6 is 0 Å². The Kier molecular flexibility index (Phi) is 4.47. The van der Waals surface area contributed by atoms with E-state index in [0.29, 0.717) is 6.04 Å². The molecule has 96 valence electrons. The van der Waals surface area contributed by atoms with Crippen LogP contribution < -0.4 is 5.32 Å². The molecule has 0 saturated heterocycles. The van der Waals surface area contributed by atoms with Crippen molar-refractivity contribution in [3.8, 4) is 0 Å². The Hall–Kier alpha value is -1.68. The molecule has 0 bridgehead atoms. The zero-order valence-corrected chi connectivity index (χ0v) is 11.0. The molecular weight excluding hydrogens is 224 g/mol. The molecule has 1 unspecified atom stereocenters. The van der Waals surface area contributed by atoms with Crippen LogP contribution in [0.3, 0.4) is 0 Å². The Morgan fingerprint density at radius 2 is 2.06 bits per heavy atom. The maximum atomic E-state index is 4.11. The minimum atomic E-state index is 0.389. The second-order valence-corrected chi connectivity index (χ2v) is 4.62. The minimum absolute atomic E-state index is 0.389. The molecule has 2 rings (SSSR count). The predicted molar refractivity (Wildman–Crippen MR) is 72.3 cm³/mol. The van der Waals surface area contributed by atoms with Gasteiger partial charge in [0.25, 0.3) is 0 Å². The molecule has 0 saturated carbocycles. The van der Waals surface area contributed by atoms with Crippen LogP contribution in [-0.2, 0) is 6.42 Å². The number of hydrogen-bond acceptors (Lipinski definition) is 3. The summed E-state index contributed by atoms with van der Waals surface area (Å²) in [5.74, 6) is 0.958. The Morgan fingerprint density at radius 1 is 1.28 bits per heavy atom. The zero-order chi connectivity index (χ0) is 12.8. The van der Waals surface area contributed by atoms with Crippen molar-refractivity contribution in [2.24, 2.45) is 0 Å². The summed E-state index contributed by atoms with van der Waals surface area (Å²) >= 11 is 0. The van der Waals surface area contributed by atoms with Crippen molar-refractivity contribution in [3.05, 3.63) is 47.5 Å². The third kappa shape index (κ3) is 3.67. The number of rotatable bonds is 6. The quantitative estimate of drug-likeness (QED) is 0.767. The molecule has 1 aromatic heterocycles. The average molecular weight is 244 g/mol. The smallest absolute Gasteiger partial charge is 0.137 e. The van der Waals surface area contributed by atoms with Gasteiger partial charge in [-0.2, -0.15) is 5.10 Å². The van der Waals surface area contributed by atoms with E-state index in [2.05, 4.69) is 58.6 Å². The molecule has 18 heavy (non-hydrogen) atoms. The first-order valence-corrected chi connectivity index (χ1v) is 6.40. The normalized spacial score (nSPS) is 12.6. The molecule has 0 aliphatic heterocycles. The minimum Gasteiger partial charge on any atom is -0.310 e. The molecule has 1 aromatic carbocycles. The van der Waals surface area contributed by atoms with Gasteiger partial charge in [-0.15, -0.1) is 0 Å². The molecule has 0 spiro atoms. The van der Waals surface area contributed by atoms with Crippen LogP contribution in [0, 0.1) is 6.92 Å². The standard InChI is InChI=1S/C14H20N4/c1-11-5-7-13(8-6-11)12(2)15-9-3-4-14-16-10-17-18-14/h5-8,10,12,15H,3-4,9H2,1-2H3,(H,16,17,18). The molecule has 0 fully saturated rings. The fourth-order valence-electron chi connectivity index (χ4n) is 1.90. The van der Waals surface area contributed by atoms with Gasteiger partial charge in [0, 0.05) is 12.5 Å². The van der Waals surface area contributed by atoms with Crippen molar-refractivity contribution in [2.45, 2.75) is 32.7 Å². The van der Waals surface area contributed by atoms with E-state index in [1.54, 1.807) is 6.33 Å². The molecule has 4 nitrogen and oxygen atoms in total. The van der Waals surface area contributed by atoms with E-state index in [9.17, 15) is 0 Å². The lowest BCUT2D eigenvalue weighted by Crippen LogP contribution is -2.20. The van der Waals surface area contributed by atoms with Crippen LogP contribution in [0.15, 0.2) is 30.6 Å². The summed E-state index contributed by atoms with van der Waals surface area (Å²) < 4.78 is 0. The highest BCUT2D eigenvalue weighted by Gasteiger charge is 2.03. The Balaban J connectivity index is 1.71. The van der Waals surface area contributed by atoms with Crippen LogP contribution in [-0.4, -0.2) is 21.7 Å². The highest BCUT2D eigenvalue weighted by molar-refractivity contribution is 5.23. The number of aromatic nitrogens is 3. The number of nitrogens with zero attached hydrogens (tertiary/aromatic N) is 2. The van der Waals surface area contributed by atoms with Crippen molar-refractivity contribution in [3.63, 3.8) is 0 Å². The Labute approximate surface area is 108 Å². The predicted octanol–water partition coefficient (Wildman–Crippen LogP) is 2.40. The zero-order valence-electron chi connectivity index (χ0n) is 11.0. The average Bonchev–Trinajstić information content (AvgIpc) is 2.88. The van der Waals surface area contributed by atoms with Crippen molar-refractivity contribution < 1.29 is 0 Å². The summed E-state index contributed by atoms with van der Waals surface area (Å²) in [7, 11) is 0. The molecule has 0 amide bonds. The van der Waals surface area contributed by atoms with Crippen molar-refractivity contribution >= 4 is 0 Å². The number of hydrogen-bond donors (Lipinski definition) is 2. The van der Waals surface area contributed by atoms with Gasteiger partial charge in [-0.3, -0.25) is 5.10 Å². The summed E-state index contributed by atoms with van der Waals surface area (Å²) in [5.41, 5.74) is 2.64. The summed E-state index contributed by atoms with van der Waals surface area (Å²) in [6.07, 6.45) is 3.55. The van der Waals surface area contributed by atoms with Gasteiger partial charge in [-0.1, -0.05) is 29.8 Å². The van der Waals surface area contributed by atoms with E-state index in [-0.39, 0.29) is 0 Å². The fourth-order valence-corrected chi connectivity index (χ4v) is 1.90. The first-order chi connectivity index (χ1) is 8.75. The summed E-state index contributed by atoms with van der Waals surface area (Å²) in [6, 6.07) is 9.07. The summed E-state index contributed by atoms with van der Waals surface area (Å²) in [6.45, 7) is 5.29. The number of aryl methyl sites for hydroxylation is 2. The topological polar surface area (TPSA) is 53.6 Å². The molecular formula is C14H20N4. The van der Waals surface area contributed by atoms with Gasteiger partial charge in [0.2, 0.25) is 0 Å². The van der Waals surface area contributed by atoms with Gasteiger partial charge in [-0.05, 0) is 32.4 Å². The van der Waals surface area contributed by atoms with Crippen LogP contribution in [0.2, 0.25) is 0 Å². The van der Waals surface area contributed by atoms with Crippen molar-refractivity contribution in [2.75, 3.05) is 6.54 Å². The van der Waals surface area contributed by atoms with Crippen LogP contribution in [0.5, 0.6) is 0 Å². The van der Waals surface area contributed by atoms with E-state index in [1.165, 1.54) is 11.1 Å². The number of benzene rings is 1. The highest BCUT2D eigenvalue weighted by Crippen LogP contribution is 2.12. The lowest BCUT2D eigenvalue weighted by Gasteiger charge is -2.14. The molecule has 0 aliphatic rings. The third-order valence-corrected chi connectivity index (χ3v) is 3.08. The second kappa shape index (κ2) is 6.31. The maximum absolute atomic E-state index is 4.11. The molecule has 1 heterocycles. The van der Waals surface area contributed by atoms with Crippen LogP contribution in [0.1, 0.15) is 36.3 Å². The fraction of sp³-hybridized carbons (Fsp3) is 0.429. The molecule has 1 atom stereocenters. The van der Waals surface area contributed by atoms with Crippen molar-refractivity contribution in [1.29, 1.82) is 0 Å². The van der Waals surface area contributed by atoms with Gasteiger partial charge in [-0.25, -0.2) is 4.98 Å². The molecule has 0 aliphatic carbocycles. The van der Waals surface area contributed by atoms with Gasteiger partial charge in [0.05, 0.1) is 0 Å². The van der Waals surface area contributed by atoms with E-state index in [4.69, 9.17) is 0 Å². The van der Waals surface area contributed by atoms with Gasteiger partial charge < -0.3 is 5.32 Å². The molecule has 4 heteroatoms. The van der Waals surface area contributed by atoms with E-state index in [0.717, 1.165) is 25.2 Å². The maximum Gasteiger partial charge on any atom is 0.137 e. The third-order valence-electron chi connectivity index (χ3n) is 3.08. The highest BCUT2D eigenvalue weighted by atomic mass is 15.2. The SMILES string of the molecule is Cc1ccc(C(C)NCCCc2ncn[nH]2)cc1. The lowest BCUT2D eigenvalue weighted by molar-refractivity contribution is 0.554. The van der Waals surface area contributed by atoms with Crippen molar-refractivity contribution in [1.82, 2.24) is 20.5 Å². The Bertz CT molecular complexity index is 447. The van der Waals surface area contributed by atoms with E-state index >= 15 is 0 Å².